The summed E-state index contributed by atoms with van der Waals surface area (Å²) in [5.41, 5.74) is 6.00. The van der Waals surface area contributed by atoms with Crippen LogP contribution in [-0.2, 0) is 6.42 Å². The molecule has 0 atom stereocenters. The van der Waals surface area contributed by atoms with Gasteiger partial charge in [-0.05, 0) is 43.7 Å². The van der Waals surface area contributed by atoms with Crippen molar-refractivity contribution in [1.29, 1.82) is 0 Å². The van der Waals surface area contributed by atoms with Crippen molar-refractivity contribution in [3.8, 4) is 11.4 Å². The second-order valence-corrected chi connectivity index (χ2v) is 9.25. The van der Waals surface area contributed by atoms with Crippen LogP contribution in [0.4, 0.5) is 10.2 Å². The Kier molecular flexibility index (Phi) is 6.76. The number of halogens is 1. The summed E-state index contributed by atoms with van der Waals surface area (Å²) in [5.74, 6) is 1.22. The van der Waals surface area contributed by atoms with Gasteiger partial charge in [-0.25, -0.2) is 14.4 Å². The molecule has 0 saturated carbocycles. The molecule has 5 nitrogen and oxygen atoms in total. The van der Waals surface area contributed by atoms with E-state index in [1.807, 2.05) is 35.2 Å². The zero-order valence-electron chi connectivity index (χ0n) is 20.6. The molecule has 0 spiro atoms. The molecule has 4 aromatic rings. The van der Waals surface area contributed by atoms with Crippen LogP contribution in [0.3, 0.4) is 0 Å². The summed E-state index contributed by atoms with van der Waals surface area (Å²) in [5, 5.41) is 0. The summed E-state index contributed by atoms with van der Waals surface area (Å²) in [7, 11) is 0. The first-order valence-corrected chi connectivity index (χ1v) is 12.3. The van der Waals surface area contributed by atoms with Gasteiger partial charge in [-0.2, -0.15) is 0 Å². The maximum absolute atomic E-state index is 13.3. The van der Waals surface area contributed by atoms with Gasteiger partial charge in [-0.15, -0.1) is 0 Å². The predicted molar refractivity (Wildman–Crippen MR) is 141 cm³/mol. The standard InChI is InChI=1S/C30H29FN4O/c1-21-8-10-23(11-9-21)20-27-22(2)32-28(24-6-4-3-5-7-24)33-29(27)34-16-18-35(19-17-34)30(36)25-12-14-26(31)15-13-25/h3-15H,16-20H2,1-2H3. The second-order valence-electron chi connectivity index (χ2n) is 9.25. The van der Waals surface area contributed by atoms with Crippen LogP contribution in [0.5, 0.6) is 0 Å². The van der Waals surface area contributed by atoms with Crippen molar-refractivity contribution >= 4 is 11.7 Å². The molecule has 1 fully saturated rings. The van der Waals surface area contributed by atoms with Gasteiger partial charge in [0.1, 0.15) is 11.6 Å². The minimum atomic E-state index is -0.342. The Hall–Kier alpha value is -4.06. The van der Waals surface area contributed by atoms with Gasteiger partial charge in [0.25, 0.3) is 5.91 Å². The number of piperazine rings is 1. The number of rotatable bonds is 5. The van der Waals surface area contributed by atoms with E-state index >= 15 is 0 Å². The zero-order chi connectivity index (χ0) is 25.1. The van der Waals surface area contributed by atoms with Crippen molar-refractivity contribution in [3.63, 3.8) is 0 Å². The van der Waals surface area contributed by atoms with E-state index < -0.39 is 0 Å². The van der Waals surface area contributed by atoms with Crippen molar-refractivity contribution in [2.75, 3.05) is 31.1 Å². The quantitative estimate of drug-likeness (QED) is 0.381. The third-order valence-corrected chi connectivity index (χ3v) is 6.68. The van der Waals surface area contributed by atoms with Gasteiger partial charge < -0.3 is 9.80 Å². The van der Waals surface area contributed by atoms with Crippen LogP contribution < -0.4 is 4.90 Å². The van der Waals surface area contributed by atoms with Crippen molar-refractivity contribution in [1.82, 2.24) is 14.9 Å². The van der Waals surface area contributed by atoms with E-state index in [4.69, 9.17) is 9.97 Å². The number of nitrogens with zero attached hydrogens (tertiary/aromatic N) is 4. The largest absolute Gasteiger partial charge is 0.353 e. The van der Waals surface area contributed by atoms with Gasteiger partial charge >= 0.3 is 0 Å². The fraction of sp³-hybridized carbons (Fsp3) is 0.233. The first kappa shape index (κ1) is 23.7. The molecule has 36 heavy (non-hydrogen) atoms. The molecule has 1 aliphatic rings. The van der Waals surface area contributed by atoms with Crippen molar-refractivity contribution < 1.29 is 9.18 Å². The van der Waals surface area contributed by atoms with Crippen LogP contribution in [0.2, 0.25) is 0 Å². The number of carbonyl (C=O) groups is 1. The number of benzene rings is 3. The highest BCUT2D eigenvalue weighted by atomic mass is 19.1. The summed E-state index contributed by atoms with van der Waals surface area (Å²) in [6.07, 6.45) is 0.741. The van der Waals surface area contributed by atoms with Crippen molar-refractivity contribution in [2.24, 2.45) is 0 Å². The molecule has 0 aliphatic carbocycles. The normalized spacial score (nSPS) is 13.6. The summed E-state index contributed by atoms with van der Waals surface area (Å²) in [4.78, 5) is 27.0. The van der Waals surface area contributed by atoms with E-state index in [1.54, 1.807) is 12.1 Å². The third kappa shape index (κ3) is 5.13. The Morgan fingerprint density at radius 1 is 0.833 bits per heavy atom. The highest BCUT2D eigenvalue weighted by Crippen LogP contribution is 2.28. The number of aryl methyl sites for hydroxylation is 2. The summed E-state index contributed by atoms with van der Waals surface area (Å²) in [6, 6.07) is 24.3. The lowest BCUT2D eigenvalue weighted by atomic mass is 10.0. The van der Waals surface area contributed by atoms with Crippen molar-refractivity contribution in [3.05, 3.63) is 113 Å². The Morgan fingerprint density at radius 3 is 2.17 bits per heavy atom. The highest BCUT2D eigenvalue weighted by molar-refractivity contribution is 5.94. The van der Waals surface area contributed by atoms with Crippen LogP contribution >= 0.6 is 0 Å². The molecule has 0 radical (unpaired) electrons. The maximum Gasteiger partial charge on any atom is 0.253 e. The fourth-order valence-corrected chi connectivity index (χ4v) is 4.57. The van der Waals surface area contributed by atoms with Crippen LogP contribution in [0.25, 0.3) is 11.4 Å². The van der Waals surface area contributed by atoms with Crippen LogP contribution in [0.1, 0.15) is 32.7 Å². The van der Waals surface area contributed by atoms with E-state index in [0.29, 0.717) is 37.6 Å². The predicted octanol–water partition coefficient (Wildman–Crippen LogP) is 5.45. The Balaban J connectivity index is 1.43. The van der Waals surface area contributed by atoms with E-state index in [-0.39, 0.29) is 11.7 Å². The molecule has 182 valence electrons. The number of hydrogen-bond acceptors (Lipinski definition) is 4. The van der Waals surface area contributed by atoms with Gasteiger partial charge in [0.15, 0.2) is 5.82 Å². The molecule has 3 aromatic carbocycles. The van der Waals surface area contributed by atoms with Gasteiger partial charge in [0.05, 0.1) is 0 Å². The minimum Gasteiger partial charge on any atom is -0.353 e. The Morgan fingerprint density at radius 2 is 1.50 bits per heavy atom. The lowest BCUT2D eigenvalue weighted by Crippen LogP contribution is -2.49. The summed E-state index contributed by atoms with van der Waals surface area (Å²) in [6.45, 7) is 6.62. The van der Waals surface area contributed by atoms with E-state index in [9.17, 15) is 9.18 Å². The maximum atomic E-state index is 13.3. The number of amides is 1. The van der Waals surface area contributed by atoms with E-state index in [0.717, 1.165) is 29.1 Å². The average molecular weight is 481 g/mol. The zero-order valence-corrected chi connectivity index (χ0v) is 20.6. The molecule has 1 aromatic heterocycles. The van der Waals surface area contributed by atoms with Crippen LogP contribution in [-0.4, -0.2) is 47.0 Å². The highest BCUT2D eigenvalue weighted by Gasteiger charge is 2.26. The summed E-state index contributed by atoms with van der Waals surface area (Å²) >= 11 is 0. The van der Waals surface area contributed by atoms with Crippen LogP contribution in [0.15, 0.2) is 78.9 Å². The van der Waals surface area contributed by atoms with Crippen LogP contribution in [0, 0.1) is 19.7 Å². The second kappa shape index (κ2) is 10.3. The van der Waals surface area contributed by atoms with Gasteiger partial charge in [-0.3, -0.25) is 4.79 Å². The van der Waals surface area contributed by atoms with Crippen molar-refractivity contribution in [2.45, 2.75) is 20.3 Å². The Labute approximate surface area is 211 Å². The first-order chi connectivity index (χ1) is 17.5. The number of aromatic nitrogens is 2. The first-order valence-electron chi connectivity index (χ1n) is 12.3. The molecule has 0 N–H and O–H groups in total. The van der Waals surface area contributed by atoms with Gasteiger partial charge in [0.2, 0.25) is 0 Å². The smallest absolute Gasteiger partial charge is 0.253 e. The lowest BCUT2D eigenvalue weighted by Gasteiger charge is -2.36. The SMILES string of the molecule is Cc1ccc(Cc2c(C)nc(-c3ccccc3)nc2N2CCN(C(=O)c3ccc(F)cc3)CC2)cc1. The number of hydrogen-bond donors (Lipinski definition) is 0. The molecule has 1 saturated heterocycles. The number of carbonyl (C=O) groups excluding carboxylic acids is 1. The molecule has 6 heteroatoms. The molecular formula is C30H29FN4O. The molecule has 1 amide bonds. The lowest BCUT2D eigenvalue weighted by molar-refractivity contribution is 0.0746. The number of anilines is 1. The minimum absolute atomic E-state index is 0.0710. The molecular weight excluding hydrogens is 451 g/mol. The molecule has 5 rings (SSSR count). The van der Waals surface area contributed by atoms with Gasteiger partial charge in [0, 0.05) is 55.0 Å². The van der Waals surface area contributed by atoms with E-state index in [1.165, 1.54) is 23.3 Å². The molecule has 2 heterocycles. The third-order valence-electron chi connectivity index (χ3n) is 6.68. The van der Waals surface area contributed by atoms with Gasteiger partial charge in [-0.1, -0.05) is 60.2 Å². The average Bonchev–Trinajstić information content (AvgIpc) is 2.91. The molecule has 0 bridgehead atoms. The fourth-order valence-electron chi connectivity index (χ4n) is 4.57. The molecule has 1 aliphatic heterocycles. The monoisotopic (exact) mass is 480 g/mol. The topological polar surface area (TPSA) is 49.3 Å². The Bertz CT molecular complexity index is 1350. The molecule has 0 unspecified atom stereocenters. The van der Waals surface area contributed by atoms with E-state index in [2.05, 4.69) is 43.0 Å². The summed E-state index contributed by atoms with van der Waals surface area (Å²) < 4.78 is 13.3.